The molecule has 2 saturated carbocycles. The summed E-state index contributed by atoms with van der Waals surface area (Å²) in [5.74, 6) is 0.903. The highest BCUT2D eigenvalue weighted by molar-refractivity contribution is 6.31. The molecule has 0 bridgehead atoms. The summed E-state index contributed by atoms with van der Waals surface area (Å²) in [5.41, 5.74) is 4.82. The third kappa shape index (κ3) is 9.83. The molecule has 5 N–H and O–H groups in total. The Morgan fingerprint density at radius 2 is 1.90 bits per heavy atom. The van der Waals surface area contributed by atoms with Crippen molar-refractivity contribution in [1.82, 2.24) is 15.6 Å². The molecule has 1 aromatic heterocycles. The lowest BCUT2D eigenvalue weighted by Gasteiger charge is -2.25. The number of hydrogen-bond acceptors (Lipinski definition) is 8. The molecule has 2 aliphatic rings. The Bertz CT molecular complexity index is 1480. The van der Waals surface area contributed by atoms with Crippen molar-refractivity contribution >= 4 is 23.3 Å². The monoisotopic (exact) mass is 680 g/mol. The van der Waals surface area contributed by atoms with Gasteiger partial charge in [-0.2, -0.15) is 0 Å². The smallest absolute Gasteiger partial charge is 0.315 e. The van der Waals surface area contributed by atoms with E-state index in [1.165, 1.54) is 0 Å². The number of aliphatic hydroxyl groups excluding tert-OH is 3. The first-order valence-corrected chi connectivity index (χ1v) is 17.6. The molecule has 48 heavy (non-hydrogen) atoms. The molecule has 260 valence electrons. The van der Waals surface area contributed by atoms with E-state index in [1.807, 2.05) is 42.7 Å². The van der Waals surface area contributed by atoms with Crippen LogP contribution in [0.3, 0.4) is 0 Å². The first-order chi connectivity index (χ1) is 23.4. The molecule has 0 unspecified atom stereocenters. The number of carbonyl (C=O) groups is 1. The van der Waals surface area contributed by atoms with Crippen molar-refractivity contribution in [2.45, 2.75) is 88.7 Å². The number of benzene rings is 2. The average molecular weight is 681 g/mol. The van der Waals surface area contributed by atoms with Crippen molar-refractivity contribution in [2.75, 3.05) is 37.7 Å². The highest BCUT2D eigenvalue weighted by Crippen LogP contribution is 2.53. The molecule has 5 rings (SSSR count). The van der Waals surface area contributed by atoms with Crippen LogP contribution >= 0.6 is 11.6 Å². The Morgan fingerprint density at radius 1 is 1.08 bits per heavy atom. The van der Waals surface area contributed by atoms with Gasteiger partial charge in [-0.15, -0.1) is 0 Å². The van der Waals surface area contributed by atoms with Gasteiger partial charge in [0.25, 0.3) is 0 Å². The normalized spacial score (nSPS) is 16.2. The van der Waals surface area contributed by atoms with Crippen LogP contribution in [-0.2, 0) is 16.9 Å². The van der Waals surface area contributed by atoms with Gasteiger partial charge in [-0.3, -0.25) is 4.98 Å². The molecule has 1 heterocycles. The SMILES string of the molecule is CCN(CCCCNC(=O)N[C@H](CO)CC[C@H](O)CO)c1ccc(Cl)c(COC2(c3cnccc3-c3ccccc3OC3CC3)CC2)c1. The summed E-state index contributed by atoms with van der Waals surface area (Å²) in [6, 6.07) is 15.5. The van der Waals surface area contributed by atoms with E-state index in [4.69, 9.17) is 26.2 Å². The zero-order chi connectivity index (χ0) is 33.9. The summed E-state index contributed by atoms with van der Waals surface area (Å²) in [5, 5.41) is 34.2. The average Bonchev–Trinajstić information content (AvgIpc) is 4.06. The van der Waals surface area contributed by atoms with Crippen LogP contribution in [0.25, 0.3) is 11.1 Å². The number of nitrogens with zero attached hydrogens (tertiary/aromatic N) is 2. The fraction of sp³-hybridized carbons (Fsp3) is 0.514. The van der Waals surface area contributed by atoms with Gasteiger partial charge < -0.3 is 40.3 Å². The molecule has 2 aromatic carbocycles. The second kappa shape index (κ2) is 17.3. The van der Waals surface area contributed by atoms with E-state index < -0.39 is 17.7 Å². The molecule has 2 amide bonds. The summed E-state index contributed by atoms with van der Waals surface area (Å²) in [4.78, 5) is 19.0. The van der Waals surface area contributed by atoms with Crippen molar-refractivity contribution in [1.29, 1.82) is 0 Å². The predicted molar refractivity (Wildman–Crippen MR) is 187 cm³/mol. The number of urea groups is 1. The number of anilines is 1. The van der Waals surface area contributed by atoms with E-state index in [9.17, 15) is 15.0 Å². The van der Waals surface area contributed by atoms with E-state index in [1.54, 1.807) is 0 Å². The molecule has 10 nitrogen and oxygen atoms in total. The number of nitrogens with one attached hydrogen (secondary N) is 2. The molecule has 0 aliphatic heterocycles. The molecular weight excluding hydrogens is 632 g/mol. The molecule has 0 spiro atoms. The molecule has 11 heteroatoms. The zero-order valence-electron chi connectivity index (χ0n) is 27.7. The van der Waals surface area contributed by atoms with Gasteiger partial charge in [-0.25, -0.2) is 4.79 Å². The largest absolute Gasteiger partial charge is 0.490 e. The first kappa shape index (κ1) is 35.9. The van der Waals surface area contributed by atoms with Crippen LogP contribution in [-0.4, -0.2) is 77.4 Å². The van der Waals surface area contributed by atoms with Crippen LogP contribution in [0.5, 0.6) is 5.75 Å². The molecule has 0 saturated heterocycles. The number of aliphatic hydroxyl groups is 3. The highest BCUT2D eigenvalue weighted by Gasteiger charge is 2.48. The minimum atomic E-state index is -0.856. The van der Waals surface area contributed by atoms with Crippen molar-refractivity contribution < 1.29 is 29.6 Å². The van der Waals surface area contributed by atoms with Gasteiger partial charge in [-0.05, 0) is 99.7 Å². The van der Waals surface area contributed by atoms with Crippen LogP contribution in [0.4, 0.5) is 10.5 Å². The fourth-order valence-electron chi connectivity index (χ4n) is 5.87. The van der Waals surface area contributed by atoms with E-state index in [0.717, 1.165) is 85.3 Å². The lowest BCUT2D eigenvalue weighted by molar-refractivity contribution is 0.0174. The number of aromatic nitrogens is 1. The topological polar surface area (TPSA) is 136 Å². The first-order valence-electron chi connectivity index (χ1n) is 17.2. The Balaban J connectivity index is 1.14. The second-order valence-electron chi connectivity index (χ2n) is 12.8. The van der Waals surface area contributed by atoms with Gasteiger partial charge in [-0.1, -0.05) is 29.8 Å². The Labute approximate surface area is 288 Å². The van der Waals surface area contributed by atoms with Gasteiger partial charge in [0.05, 0.1) is 43.7 Å². The lowest BCUT2D eigenvalue weighted by atomic mass is 9.96. The molecule has 2 atom stereocenters. The van der Waals surface area contributed by atoms with Gasteiger partial charge in [0.1, 0.15) is 5.75 Å². The number of ether oxygens (including phenoxy) is 2. The number of hydrogen-bond donors (Lipinski definition) is 5. The van der Waals surface area contributed by atoms with Crippen molar-refractivity contribution in [3.63, 3.8) is 0 Å². The maximum Gasteiger partial charge on any atom is 0.315 e. The summed E-state index contributed by atoms with van der Waals surface area (Å²) < 4.78 is 12.9. The molecule has 3 aromatic rings. The number of carbonyl (C=O) groups excluding carboxylic acids is 1. The van der Waals surface area contributed by atoms with E-state index in [0.29, 0.717) is 37.1 Å². The van der Waals surface area contributed by atoms with Crippen LogP contribution < -0.4 is 20.3 Å². The minimum Gasteiger partial charge on any atom is -0.490 e. The van der Waals surface area contributed by atoms with Gasteiger partial charge in [0, 0.05) is 53.9 Å². The van der Waals surface area contributed by atoms with Crippen LogP contribution in [0.2, 0.25) is 5.02 Å². The summed E-state index contributed by atoms with van der Waals surface area (Å²) >= 11 is 6.69. The minimum absolute atomic E-state index is 0.235. The third-order valence-electron chi connectivity index (χ3n) is 9.05. The number of unbranched alkanes of at least 4 members (excludes halogenated alkanes) is 1. The van der Waals surface area contributed by atoms with Crippen LogP contribution in [0, 0.1) is 0 Å². The Morgan fingerprint density at radius 3 is 2.62 bits per heavy atom. The Hall–Kier alpha value is -3.41. The molecule has 0 radical (unpaired) electrons. The molecule has 2 aliphatic carbocycles. The zero-order valence-corrected chi connectivity index (χ0v) is 28.5. The van der Waals surface area contributed by atoms with E-state index in [-0.39, 0.29) is 19.2 Å². The Kier molecular flexibility index (Phi) is 12.9. The predicted octanol–water partition coefficient (Wildman–Crippen LogP) is 5.55. The number of halogens is 1. The van der Waals surface area contributed by atoms with Gasteiger partial charge >= 0.3 is 6.03 Å². The second-order valence-corrected chi connectivity index (χ2v) is 13.2. The number of para-hydroxylation sites is 1. The molecular formula is C37H49ClN4O6. The van der Waals surface area contributed by atoms with Crippen LogP contribution in [0.15, 0.2) is 60.9 Å². The summed E-state index contributed by atoms with van der Waals surface area (Å²) in [6.07, 6.45) is 9.56. The third-order valence-corrected chi connectivity index (χ3v) is 9.42. The van der Waals surface area contributed by atoms with Gasteiger partial charge in [0.15, 0.2) is 0 Å². The lowest BCUT2D eigenvalue weighted by Crippen LogP contribution is -2.44. The summed E-state index contributed by atoms with van der Waals surface area (Å²) in [6.45, 7) is 4.05. The summed E-state index contributed by atoms with van der Waals surface area (Å²) in [7, 11) is 0. The van der Waals surface area contributed by atoms with Crippen molar-refractivity contribution in [3.8, 4) is 16.9 Å². The standard InChI is InChI=1S/C37H49ClN4O6/c1-2-42(20-6-5-18-40-36(46)41-27(23-43)9-11-29(45)24-44)28-10-14-34(38)26(21-28)25-47-37(16-17-37)33-22-39-19-15-31(33)32-7-3-4-8-35(32)48-30-12-13-30/h3-4,7-8,10,14-15,19,21-22,27,29-30,43-45H,2,5-6,9,11-13,16-18,20,23-25H2,1H3,(H2,40,41,46)/t27-,29-/m0/s1. The van der Waals surface area contributed by atoms with E-state index in [2.05, 4.69) is 45.6 Å². The number of amides is 2. The fourth-order valence-corrected chi connectivity index (χ4v) is 6.04. The number of rotatable bonds is 20. The number of pyridine rings is 1. The molecule has 2 fully saturated rings. The highest BCUT2D eigenvalue weighted by atomic mass is 35.5. The van der Waals surface area contributed by atoms with Crippen molar-refractivity contribution in [2.24, 2.45) is 0 Å². The maximum absolute atomic E-state index is 12.3. The maximum atomic E-state index is 12.3. The van der Waals surface area contributed by atoms with Crippen molar-refractivity contribution in [3.05, 3.63) is 77.1 Å². The quantitative estimate of drug-likeness (QED) is 0.0981. The van der Waals surface area contributed by atoms with Crippen LogP contribution in [0.1, 0.15) is 69.4 Å². The van der Waals surface area contributed by atoms with Gasteiger partial charge in [0.2, 0.25) is 0 Å². The van der Waals surface area contributed by atoms with E-state index >= 15 is 0 Å².